The molecular formula is C15H13NO. The number of Topliss-reactive ketones (excluding diaryl/α,β-unsaturated/α-hetero) is 1. The highest BCUT2D eigenvalue weighted by Gasteiger charge is 2.29. The highest BCUT2D eigenvalue weighted by atomic mass is 16.1. The van der Waals surface area contributed by atoms with E-state index in [0.29, 0.717) is 0 Å². The van der Waals surface area contributed by atoms with Crippen molar-refractivity contribution in [3.8, 4) is 11.1 Å². The van der Waals surface area contributed by atoms with E-state index in [4.69, 9.17) is 0 Å². The topological polar surface area (TPSA) is 30.0 Å². The minimum absolute atomic E-state index is 0.114. The van der Waals surface area contributed by atoms with Crippen molar-refractivity contribution in [3.05, 3.63) is 53.9 Å². The number of rotatable bonds is 1. The van der Waals surface area contributed by atoms with Crippen LogP contribution in [-0.2, 0) is 6.42 Å². The third-order valence-corrected chi connectivity index (χ3v) is 3.34. The summed E-state index contributed by atoms with van der Waals surface area (Å²) in [6, 6.07) is 9.98. The van der Waals surface area contributed by atoms with Crippen LogP contribution in [-0.4, -0.2) is 10.8 Å². The van der Waals surface area contributed by atoms with Crippen molar-refractivity contribution >= 4 is 5.78 Å². The lowest BCUT2D eigenvalue weighted by molar-refractivity contribution is 0.0947. The van der Waals surface area contributed by atoms with Crippen LogP contribution in [0.1, 0.15) is 22.8 Å². The molecular weight excluding hydrogens is 210 g/mol. The fraction of sp³-hybridized carbons (Fsp3) is 0.200. The summed E-state index contributed by atoms with van der Waals surface area (Å²) in [6.45, 7) is 2.00. The van der Waals surface area contributed by atoms with Gasteiger partial charge in [0.1, 0.15) is 0 Å². The van der Waals surface area contributed by atoms with Gasteiger partial charge in [0.15, 0.2) is 5.78 Å². The maximum atomic E-state index is 12.2. The van der Waals surface area contributed by atoms with Crippen molar-refractivity contribution in [2.75, 3.05) is 0 Å². The molecule has 2 aromatic rings. The zero-order valence-electron chi connectivity index (χ0n) is 9.68. The predicted molar refractivity (Wildman–Crippen MR) is 66.9 cm³/mol. The summed E-state index contributed by atoms with van der Waals surface area (Å²) in [5.74, 6) is 0.377. The molecule has 0 fully saturated rings. The number of fused-ring (bicyclic) bond motifs is 1. The Labute approximate surface area is 100 Å². The first-order chi connectivity index (χ1) is 8.27. The second-order valence-corrected chi connectivity index (χ2v) is 4.55. The maximum absolute atomic E-state index is 12.2. The summed E-state index contributed by atoms with van der Waals surface area (Å²) < 4.78 is 0. The second-order valence-electron chi connectivity index (χ2n) is 4.55. The number of benzene rings is 1. The maximum Gasteiger partial charge on any atom is 0.166 e. The monoisotopic (exact) mass is 223 g/mol. The van der Waals surface area contributed by atoms with Crippen LogP contribution >= 0.6 is 0 Å². The van der Waals surface area contributed by atoms with Crippen LogP contribution in [0, 0.1) is 5.92 Å². The van der Waals surface area contributed by atoms with E-state index < -0.39 is 0 Å². The molecule has 84 valence electrons. The van der Waals surface area contributed by atoms with Gasteiger partial charge < -0.3 is 0 Å². The van der Waals surface area contributed by atoms with Gasteiger partial charge in [0.25, 0.3) is 0 Å². The number of aromatic nitrogens is 1. The molecule has 0 aliphatic heterocycles. The predicted octanol–water partition coefficient (Wildman–Crippen LogP) is 3.12. The van der Waals surface area contributed by atoms with Gasteiger partial charge in [-0.15, -0.1) is 0 Å². The molecule has 0 saturated heterocycles. The number of hydrogen-bond acceptors (Lipinski definition) is 2. The number of hydrogen-bond donors (Lipinski definition) is 0. The van der Waals surface area contributed by atoms with E-state index in [1.54, 1.807) is 6.20 Å². The van der Waals surface area contributed by atoms with E-state index in [1.165, 1.54) is 5.56 Å². The molecule has 1 atom stereocenters. The summed E-state index contributed by atoms with van der Waals surface area (Å²) >= 11 is 0. The fourth-order valence-electron chi connectivity index (χ4n) is 2.49. The SMILES string of the molecule is CC1Cc2cccc(-c3cccnc3)c2C1=O. The molecule has 0 saturated carbocycles. The summed E-state index contributed by atoms with van der Waals surface area (Å²) in [4.78, 5) is 16.3. The van der Waals surface area contributed by atoms with Gasteiger partial charge in [0.2, 0.25) is 0 Å². The smallest absolute Gasteiger partial charge is 0.166 e. The molecule has 17 heavy (non-hydrogen) atoms. The largest absolute Gasteiger partial charge is 0.294 e. The van der Waals surface area contributed by atoms with Crippen LogP contribution in [0.4, 0.5) is 0 Å². The van der Waals surface area contributed by atoms with Crippen LogP contribution in [0.15, 0.2) is 42.7 Å². The molecule has 1 unspecified atom stereocenters. The van der Waals surface area contributed by atoms with Crippen molar-refractivity contribution in [2.45, 2.75) is 13.3 Å². The van der Waals surface area contributed by atoms with Gasteiger partial charge in [0.05, 0.1) is 0 Å². The molecule has 0 radical (unpaired) electrons. The van der Waals surface area contributed by atoms with E-state index in [2.05, 4.69) is 11.1 Å². The lowest BCUT2D eigenvalue weighted by atomic mass is 9.97. The normalized spacial score (nSPS) is 18.2. The van der Waals surface area contributed by atoms with Gasteiger partial charge in [-0.05, 0) is 23.6 Å². The minimum Gasteiger partial charge on any atom is -0.294 e. The van der Waals surface area contributed by atoms with Crippen molar-refractivity contribution < 1.29 is 4.79 Å². The minimum atomic E-state index is 0.114. The standard InChI is InChI=1S/C15H13NO/c1-10-8-11-4-2-6-13(14(11)15(10)17)12-5-3-7-16-9-12/h2-7,9-10H,8H2,1H3. The number of nitrogens with zero attached hydrogens (tertiary/aromatic N) is 1. The highest BCUT2D eigenvalue weighted by Crippen LogP contribution is 2.34. The van der Waals surface area contributed by atoms with Gasteiger partial charge in [0, 0.05) is 29.4 Å². The van der Waals surface area contributed by atoms with Gasteiger partial charge in [-0.2, -0.15) is 0 Å². The van der Waals surface area contributed by atoms with Crippen LogP contribution in [0.5, 0.6) is 0 Å². The summed E-state index contributed by atoms with van der Waals surface area (Å²) in [7, 11) is 0. The van der Waals surface area contributed by atoms with E-state index in [-0.39, 0.29) is 11.7 Å². The van der Waals surface area contributed by atoms with Crippen molar-refractivity contribution in [3.63, 3.8) is 0 Å². The highest BCUT2D eigenvalue weighted by molar-refractivity contribution is 6.07. The first-order valence-corrected chi connectivity index (χ1v) is 5.84. The van der Waals surface area contributed by atoms with E-state index >= 15 is 0 Å². The van der Waals surface area contributed by atoms with E-state index in [0.717, 1.165) is 23.1 Å². The van der Waals surface area contributed by atoms with Crippen molar-refractivity contribution in [2.24, 2.45) is 5.92 Å². The average molecular weight is 223 g/mol. The molecule has 0 amide bonds. The van der Waals surface area contributed by atoms with E-state index in [9.17, 15) is 4.79 Å². The molecule has 3 rings (SSSR count). The Bertz CT molecular complexity index is 575. The molecule has 1 aromatic carbocycles. The van der Waals surface area contributed by atoms with Crippen LogP contribution in [0.3, 0.4) is 0 Å². The van der Waals surface area contributed by atoms with Gasteiger partial charge in [-0.25, -0.2) is 0 Å². The molecule has 1 aliphatic carbocycles. The molecule has 1 aromatic heterocycles. The Morgan fingerprint density at radius 2 is 2.12 bits per heavy atom. The van der Waals surface area contributed by atoms with Gasteiger partial charge in [-0.1, -0.05) is 31.2 Å². The molecule has 1 aliphatic rings. The Morgan fingerprint density at radius 3 is 2.88 bits per heavy atom. The molecule has 0 spiro atoms. The number of carbonyl (C=O) groups is 1. The third kappa shape index (κ3) is 1.57. The first kappa shape index (κ1) is 10.2. The zero-order valence-corrected chi connectivity index (χ0v) is 9.68. The molecule has 0 bridgehead atoms. The van der Waals surface area contributed by atoms with Crippen molar-refractivity contribution in [1.82, 2.24) is 4.98 Å². The quantitative estimate of drug-likeness (QED) is 0.743. The summed E-state index contributed by atoms with van der Waals surface area (Å²) in [6.07, 6.45) is 4.42. The van der Waals surface area contributed by atoms with E-state index in [1.807, 2.05) is 37.4 Å². The van der Waals surface area contributed by atoms with Crippen LogP contribution in [0.2, 0.25) is 0 Å². The summed E-state index contributed by atoms with van der Waals surface area (Å²) in [5, 5.41) is 0. The molecule has 0 N–H and O–H groups in total. The number of ketones is 1. The lowest BCUT2D eigenvalue weighted by Crippen LogP contribution is -2.04. The average Bonchev–Trinajstić information content (AvgIpc) is 2.66. The van der Waals surface area contributed by atoms with Crippen LogP contribution < -0.4 is 0 Å². The zero-order chi connectivity index (χ0) is 11.8. The molecule has 2 nitrogen and oxygen atoms in total. The lowest BCUT2D eigenvalue weighted by Gasteiger charge is -2.06. The third-order valence-electron chi connectivity index (χ3n) is 3.34. The van der Waals surface area contributed by atoms with Crippen LogP contribution in [0.25, 0.3) is 11.1 Å². The number of pyridine rings is 1. The molecule has 1 heterocycles. The Morgan fingerprint density at radius 1 is 1.24 bits per heavy atom. The fourth-order valence-corrected chi connectivity index (χ4v) is 2.49. The molecule has 2 heteroatoms. The summed E-state index contributed by atoms with van der Waals surface area (Å²) in [5.41, 5.74) is 4.11. The second kappa shape index (κ2) is 3.81. The van der Waals surface area contributed by atoms with Crippen molar-refractivity contribution in [1.29, 1.82) is 0 Å². The van der Waals surface area contributed by atoms with Gasteiger partial charge in [-0.3, -0.25) is 9.78 Å². The number of carbonyl (C=O) groups excluding carboxylic acids is 1. The Hall–Kier alpha value is -1.96. The first-order valence-electron chi connectivity index (χ1n) is 5.84. The van der Waals surface area contributed by atoms with Gasteiger partial charge >= 0.3 is 0 Å². The Kier molecular flexibility index (Phi) is 2.29. The Balaban J connectivity index is 2.21.